The fourth-order valence-electron chi connectivity index (χ4n) is 2.38. The second kappa shape index (κ2) is 5.75. The average Bonchev–Trinajstić information content (AvgIpc) is 2.97. The van der Waals surface area contributed by atoms with Gasteiger partial charge in [0.05, 0.1) is 7.11 Å². The number of nitrogens with one attached hydrogen (secondary N) is 2. The van der Waals surface area contributed by atoms with Gasteiger partial charge in [-0.1, -0.05) is 18.2 Å². The van der Waals surface area contributed by atoms with Crippen LogP contribution in [0.2, 0.25) is 0 Å². The van der Waals surface area contributed by atoms with E-state index in [0.29, 0.717) is 5.88 Å². The number of pyridine rings is 1. The minimum Gasteiger partial charge on any atom is -0.481 e. The Hall–Kier alpha value is -2.33. The molecule has 2 aromatic heterocycles. The highest BCUT2D eigenvalue weighted by atomic mass is 16.5. The number of hydrogen-bond acceptors (Lipinski definition) is 3. The molecule has 0 bridgehead atoms. The van der Waals surface area contributed by atoms with Gasteiger partial charge in [0.15, 0.2) is 0 Å². The minimum atomic E-state index is 0.680. The lowest BCUT2D eigenvalue weighted by molar-refractivity contribution is 0.390. The molecule has 20 heavy (non-hydrogen) atoms. The molecule has 102 valence electrons. The molecule has 0 aliphatic heterocycles. The summed E-state index contributed by atoms with van der Waals surface area (Å²) in [4.78, 5) is 7.43. The predicted molar refractivity (Wildman–Crippen MR) is 79.6 cm³/mol. The SMILES string of the molecule is COc1ncccc1CNCc1cccc2[nH]ccc12. The lowest BCUT2D eigenvalue weighted by Crippen LogP contribution is -2.13. The van der Waals surface area contributed by atoms with E-state index in [1.807, 2.05) is 18.3 Å². The monoisotopic (exact) mass is 267 g/mol. The van der Waals surface area contributed by atoms with Crippen molar-refractivity contribution < 1.29 is 4.74 Å². The maximum Gasteiger partial charge on any atom is 0.217 e. The molecule has 2 heterocycles. The molecule has 0 amide bonds. The number of benzene rings is 1. The Balaban J connectivity index is 1.69. The van der Waals surface area contributed by atoms with Gasteiger partial charge in [-0.05, 0) is 23.8 Å². The van der Waals surface area contributed by atoms with E-state index >= 15 is 0 Å². The molecule has 0 aliphatic rings. The number of hydrogen-bond donors (Lipinski definition) is 2. The maximum atomic E-state index is 5.25. The summed E-state index contributed by atoms with van der Waals surface area (Å²) < 4.78 is 5.25. The van der Waals surface area contributed by atoms with E-state index in [0.717, 1.165) is 18.7 Å². The molecule has 3 aromatic rings. The van der Waals surface area contributed by atoms with Gasteiger partial charge in [-0.2, -0.15) is 0 Å². The van der Waals surface area contributed by atoms with Gasteiger partial charge in [0.2, 0.25) is 5.88 Å². The Kier molecular flexibility index (Phi) is 3.65. The molecule has 2 N–H and O–H groups in total. The van der Waals surface area contributed by atoms with E-state index < -0.39 is 0 Å². The first-order valence-corrected chi connectivity index (χ1v) is 6.62. The fourth-order valence-corrected chi connectivity index (χ4v) is 2.38. The number of H-pyrrole nitrogens is 1. The first-order chi connectivity index (χ1) is 9.88. The molecule has 4 heteroatoms. The smallest absolute Gasteiger partial charge is 0.217 e. The largest absolute Gasteiger partial charge is 0.481 e. The number of methoxy groups -OCH3 is 1. The van der Waals surface area contributed by atoms with Crippen molar-refractivity contribution in [1.82, 2.24) is 15.3 Å². The molecule has 4 nitrogen and oxygen atoms in total. The summed E-state index contributed by atoms with van der Waals surface area (Å²) in [6, 6.07) is 12.4. The van der Waals surface area contributed by atoms with Crippen LogP contribution in [0.5, 0.6) is 5.88 Å². The Bertz CT molecular complexity index is 706. The topological polar surface area (TPSA) is 49.9 Å². The van der Waals surface area contributed by atoms with Crippen molar-refractivity contribution >= 4 is 10.9 Å². The highest BCUT2D eigenvalue weighted by Gasteiger charge is 2.04. The van der Waals surface area contributed by atoms with Crippen LogP contribution in [-0.2, 0) is 13.1 Å². The zero-order valence-corrected chi connectivity index (χ0v) is 11.4. The van der Waals surface area contributed by atoms with Crippen molar-refractivity contribution in [2.75, 3.05) is 7.11 Å². The third kappa shape index (κ3) is 2.51. The first-order valence-electron chi connectivity index (χ1n) is 6.62. The van der Waals surface area contributed by atoms with Gasteiger partial charge in [0.1, 0.15) is 0 Å². The van der Waals surface area contributed by atoms with Crippen molar-refractivity contribution in [3.63, 3.8) is 0 Å². The lowest BCUT2D eigenvalue weighted by atomic mass is 10.1. The van der Waals surface area contributed by atoms with Crippen LogP contribution in [0.15, 0.2) is 48.8 Å². The predicted octanol–water partition coefficient (Wildman–Crippen LogP) is 2.86. The summed E-state index contributed by atoms with van der Waals surface area (Å²) in [6.45, 7) is 1.55. The maximum absolute atomic E-state index is 5.25. The second-order valence-corrected chi connectivity index (χ2v) is 4.63. The first kappa shape index (κ1) is 12.7. The van der Waals surface area contributed by atoms with Gasteiger partial charge in [-0.25, -0.2) is 4.98 Å². The van der Waals surface area contributed by atoms with E-state index in [4.69, 9.17) is 4.74 Å². The van der Waals surface area contributed by atoms with Crippen molar-refractivity contribution in [2.45, 2.75) is 13.1 Å². The van der Waals surface area contributed by atoms with Crippen LogP contribution in [0.25, 0.3) is 10.9 Å². The van der Waals surface area contributed by atoms with Crippen LogP contribution in [0.4, 0.5) is 0 Å². The van der Waals surface area contributed by atoms with Gasteiger partial charge in [-0.3, -0.25) is 0 Å². The van der Waals surface area contributed by atoms with Gasteiger partial charge >= 0.3 is 0 Å². The average molecular weight is 267 g/mol. The molecule has 0 radical (unpaired) electrons. The van der Waals surface area contributed by atoms with Gasteiger partial charge in [0.25, 0.3) is 0 Å². The van der Waals surface area contributed by atoms with Crippen molar-refractivity contribution in [3.05, 3.63) is 59.9 Å². The zero-order valence-electron chi connectivity index (χ0n) is 11.4. The number of ether oxygens (including phenoxy) is 1. The van der Waals surface area contributed by atoms with Crippen molar-refractivity contribution in [3.8, 4) is 5.88 Å². The number of rotatable bonds is 5. The van der Waals surface area contributed by atoms with Crippen LogP contribution in [0.1, 0.15) is 11.1 Å². The second-order valence-electron chi connectivity index (χ2n) is 4.63. The van der Waals surface area contributed by atoms with Crippen molar-refractivity contribution in [2.24, 2.45) is 0 Å². The van der Waals surface area contributed by atoms with Gasteiger partial charge < -0.3 is 15.0 Å². The third-order valence-corrected chi connectivity index (χ3v) is 3.36. The molecule has 1 aromatic carbocycles. The molecule has 0 spiro atoms. The summed E-state index contributed by atoms with van der Waals surface area (Å²) in [5, 5.41) is 4.70. The molecule has 0 fully saturated rings. The molecule has 0 saturated heterocycles. The Morgan fingerprint density at radius 1 is 1.10 bits per heavy atom. The fraction of sp³-hybridized carbons (Fsp3) is 0.188. The number of nitrogens with zero attached hydrogens (tertiary/aromatic N) is 1. The highest BCUT2D eigenvalue weighted by molar-refractivity contribution is 5.82. The summed E-state index contributed by atoms with van der Waals surface area (Å²) in [6.07, 6.45) is 3.71. The van der Waals surface area contributed by atoms with E-state index in [-0.39, 0.29) is 0 Å². The summed E-state index contributed by atoms with van der Waals surface area (Å²) in [5.41, 5.74) is 3.52. The van der Waals surface area contributed by atoms with Crippen LogP contribution in [-0.4, -0.2) is 17.1 Å². The summed E-state index contributed by atoms with van der Waals surface area (Å²) >= 11 is 0. The van der Waals surface area contributed by atoms with Crippen molar-refractivity contribution in [1.29, 1.82) is 0 Å². The van der Waals surface area contributed by atoms with E-state index in [1.165, 1.54) is 16.5 Å². The number of fused-ring (bicyclic) bond motifs is 1. The number of aromatic amines is 1. The molecular weight excluding hydrogens is 250 g/mol. The lowest BCUT2D eigenvalue weighted by Gasteiger charge is -2.09. The van der Waals surface area contributed by atoms with Crippen LogP contribution in [0, 0.1) is 0 Å². The van der Waals surface area contributed by atoms with E-state index in [9.17, 15) is 0 Å². The molecule has 0 aliphatic carbocycles. The van der Waals surface area contributed by atoms with Crippen LogP contribution in [0.3, 0.4) is 0 Å². The molecule has 0 saturated carbocycles. The molecule has 3 rings (SSSR count). The van der Waals surface area contributed by atoms with Crippen LogP contribution >= 0.6 is 0 Å². The normalized spacial score (nSPS) is 10.8. The quantitative estimate of drug-likeness (QED) is 0.747. The highest BCUT2D eigenvalue weighted by Crippen LogP contribution is 2.18. The minimum absolute atomic E-state index is 0.680. The summed E-state index contributed by atoms with van der Waals surface area (Å²) in [5.74, 6) is 0.680. The molecular formula is C16H17N3O. The summed E-state index contributed by atoms with van der Waals surface area (Å²) in [7, 11) is 1.65. The Morgan fingerprint density at radius 3 is 2.85 bits per heavy atom. The Labute approximate surface area is 117 Å². The number of aromatic nitrogens is 2. The molecule has 0 atom stereocenters. The third-order valence-electron chi connectivity index (χ3n) is 3.36. The van der Waals surface area contributed by atoms with E-state index in [1.54, 1.807) is 13.3 Å². The zero-order chi connectivity index (χ0) is 13.8. The van der Waals surface area contributed by atoms with Gasteiger partial charge in [0, 0.05) is 41.9 Å². The molecule has 0 unspecified atom stereocenters. The van der Waals surface area contributed by atoms with E-state index in [2.05, 4.69) is 39.6 Å². The standard InChI is InChI=1S/C16H17N3O/c1-20-16-13(5-3-8-19-16)11-17-10-12-4-2-6-15-14(12)7-9-18-15/h2-9,17-18H,10-11H2,1H3. The van der Waals surface area contributed by atoms with Gasteiger partial charge in [-0.15, -0.1) is 0 Å². The Morgan fingerprint density at radius 2 is 1.95 bits per heavy atom. The van der Waals surface area contributed by atoms with Crippen LogP contribution < -0.4 is 10.1 Å².